The third-order valence-corrected chi connectivity index (χ3v) is 13.0. The Balaban J connectivity index is 3.21. The molecule has 1 heterocycles. The number of hydrogen-bond donors (Lipinski definition) is 1. The van der Waals surface area contributed by atoms with Crippen molar-refractivity contribution < 1.29 is 33.0 Å². The van der Waals surface area contributed by atoms with Gasteiger partial charge in [0.05, 0.1) is 18.3 Å². The van der Waals surface area contributed by atoms with Crippen LogP contribution >= 0.6 is 0 Å². The summed E-state index contributed by atoms with van der Waals surface area (Å²) >= 11 is 0. The highest BCUT2D eigenvalue weighted by molar-refractivity contribution is 6.73. The average molecular weight is 529 g/mol. The van der Waals surface area contributed by atoms with E-state index in [1.165, 1.54) is 20.1 Å². The predicted molar refractivity (Wildman–Crippen MR) is 145 cm³/mol. The van der Waals surface area contributed by atoms with Crippen molar-refractivity contribution in [3.8, 4) is 0 Å². The van der Waals surface area contributed by atoms with Crippen LogP contribution in [0.1, 0.15) is 89.0 Å². The number of aliphatic hydroxyl groups excluding tert-OH is 1. The van der Waals surface area contributed by atoms with Crippen LogP contribution in [0.5, 0.6) is 0 Å². The summed E-state index contributed by atoms with van der Waals surface area (Å²) in [5.41, 5.74) is 0. The smallest absolute Gasteiger partial charge is 0.349 e. The maximum atomic E-state index is 13.5. The summed E-state index contributed by atoms with van der Waals surface area (Å²) in [6.07, 6.45) is -0.122. The largest absolute Gasteiger partial charge is 0.459 e. The first-order valence-electron chi connectivity index (χ1n) is 13.3. The number of ketones is 1. The molecule has 1 rings (SSSR count). The fraction of sp³-hybridized carbons (Fsp3) is 0.857. The Bertz CT molecular complexity index is 740. The van der Waals surface area contributed by atoms with Gasteiger partial charge in [-0.2, -0.15) is 0 Å². The average Bonchev–Trinajstić information content (AvgIpc) is 2.77. The highest BCUT2D eigenvalue weighted by atomic mass is 28.4. The molecule has 0 spiro atoms. The highest BCUT2D eigenvalue weighted by Crippen LogP contribution is 2.56. The van der Waals surface area contributed by atoms with Crippen LogP contribution in [0, 0.1) is 17.8 Å². The first kappa shape index (κ1) is 33.0. The lowest BCUT2D eigenvalue weighted by atomic mass is 9.82. The van der Waals surface area contributed by atoms with E-state index in [-0.39, 0.29) is 40.4 Å². The number of ether oxygens (including phenoxy) is 2. The molecule has 0 aromatic carbocycles. The van der Waals surface area contributed by atoms with Crippen LogP contribution in [0.4, 0.5) is 0 Å². The number of Topliss-reactive ketones (excluding diaryl/α,β-unsaturated/α-hetero) is 1. The molecule has 1 saturated heterocycles. The Morgan fingerprint density at radius 2 is 1.58 bits per heavy atom. The van der Waals surface area contributed by atoms with Crippen molar-refractivity contribution in [2.45, 2.75) is 130 Å². The van der Waals surface area contributed by atoms with E-state index in [2.05, 4.69) is 62.0 Å². The number of rotatable bonds is 11. The number of esters is 1. The van der Waals surface area contributed by atoms with Crippen molar-refractivity contribution in [1.29, 1.82) is 0 Å². The molecule has 0 radical (unpaired) electrons. The Hall–Kier alpha value is -1.06. The third kappa shape index (κ3) is 7.07. The summed E-state index contributed by atoms with van der Waals surface area (Å²) in [6, 6.07) is 0. The van der Waals surface area contributed by atoms with Crippen LogP contribution in [0.15, 0.2) is 12.7 Å². The fourth-order valence-electron chi connectivity index (χ4n) is 5.68. The summed E-state index contributed by atoms with van der Waals surface area (Å²) in [5.74, 6) is -1.76. The molecule has 8 heteroatoms. The summed E-state index contributed by atoms with van der Waals surface area (Å²) in [4.78, 5) is 25.3. The molecule has 0 aliphatic carbocycles. The molecule has 1 aliphatic heterocycles. The van der Waals surface area contributed by atoms with Crippen molar-refractivity contribution in [1.82, 2.24) is 0 Å². The van der Waals surface area contributed by atoms with Crippen LogP contribution in [0.2, 0.25) is 10.1 Å². The Kier molecular flexibility index (Phi) is 11.6. The maximum absolute atomic E-state index is 13.5. The van der Waals surface area contributed by atoms with Crippen molar-refractivity contribution in [3.05, 3.63) is 12.7 Å². The van der Waals surface area contributed by atoms with Crippen molar-refractivity contribution in [2.24, 2.45) is 17.8 Å². The normalized spacial score (nSPS) is 26.9. The van der Waals surface area contributed by atoms with E-state index < -0.39 is 44.7 Å². The molecule has 0 aromatic heterocycles. The fourth-order valence-corrected chi connectivity index (χ4v) is 10.9. The van der Waals surface area contributed by atoms with Gasteiger partial charge in [0.15, 0.2) is 0 Å². The maximum Gasteiger partial charge on any atom is 0.349 e. The molecule has 0 amide bonds. The van der Waals surface area contributed by atoms with Crippen LogP contribution in [0.25, 0.3) is 0 Å². The zero-order valence-electron chi connectivity index (χ0n) is 24.7. The van der Waals surface area contributed by atoms with Gasteiger partial charge in [0.1, 0.15) is 18.0 Å². The van der Waals surface area contributed by atoms with Gasteiger partial charge in [0.25, 0.3) is 0 Å². The lowest BCUT2D eigenvalue weighted by Crippen LogP contribution is -2.66. The van der Waals surface area contributed by atoms with Crippen molar-refractivity contribution in [3.63, 3.8) is 0 Å². The lowest BCUT2D eigenvalue weighted by molar-refractivity contribution is -0.161. The number of hydrogen-bond acceptors (Lipinski definition) is 7. The minimum Gasteiger partial charge on any atom is -0.459 e. The van der Waals surface area contributed by atoms with Crippen LogP contribution in [0.3, 0.4) is 0 Å². The minimum atomic E-state index is -2.79. The molecule has 0 unspecified atom stereocenters. The van der Waals surface area contributed by atoms with E-state index in [4.69, 9.17) is 18.3 Å². The number of carbonyl (C=O) groups excluding carboxylic acids is 2. The zero-order valence-corrected chi connectivity index (χ0v) is 25.7. The van der Waals surface area contributed by atoms with E-state index in [0.29, 0.717) is 0 Å². The molecule has 1 N–H and O–H groups in total. The quantitative estimate of drug-likeness (QED) is 0.212. The first-order valence-corrected chi connectivity index (χ1v) is 15.1. The van der Waals surface area contributed by atoms with Gasteiger partial charge in [-0.05, 0) is 6.42 Å². The van der Waals surface area contributed by atoms with Gasteiger partial charge in [-0.3, -0.25) is 9.59 Å². The Labute approximate surface area is 220 Å². The monoisotopic (exact) mass is 528 g/mol. The predicted octanol–water partition coefficient (Wildman–Crippen LogP) is 5.58. The first-order chi connectivity index (χ1) is 16.4. The number of carbonyl (C=O) groups is 2. The molecule has 210 valence electrons. The summed E-state index contributed by atoms with van der Waals surface area (Å²) in [7, 11) is -1.30. The second-order valence-corrected chi connectivity index (χ2v) is 17.2. The van der Waals surface area contributed by atoms with Gasteiger partial charge >= 0.3 is 14.5 Å². The Morgan fingerprint density at radius 1 is 1.08 bits per heavy atom. The van der Waals surface area contributed by atoms with Gasteiger partial charge in [-0.1, -0.05) is 75.3 Å². The molecular weight excluding hydrogens is 476 g/mol. The van der Waals surface area contributed by atoms with Gasteiger partial charge in [0.2, 0.25) is 0 Å². The number of aliphatic hydroxyl groups is 1. The molecule has 36 heavy (non-hydrogen) atoms. The molecule has 1 aliphatic rings. The standard InChI is InChI=1S/C28H52O7Si/c1-14-22-18(4)24(35-36(34-22,27(7,8)9)28(10,11)12)16-21(30)17(3)25(31)19(5)26(33-20(6)29)23(15-2)32-13/h15,17-19,22-26,31H,2,14,16H2,1,3-13H3/t17-,18-,19+,22-,23+,24-,25+,26-/m1/s1. The topological polar surface area (TPSA) is 91.3 Å². The van der Waals surface area contributed by atoms with Crippen molar-refractivity contribution >= 4 is 20.3 Å². The highest BCUT2D eigenvalue weighted by Gasteiger charge is 2.63. The van der Waals surface area contributed by atoms with Gasteiger partial charge < -0.3 is 23.4 Å². The molecule has 7 nitrogen and oxygen atoms in total. The summed E-state index contributed by atoms with van der Waals surface area (Å²) in [6.45, 7) is 25.8. The number of methoxy groups -OCH3 is 1. The van der Waals surface area contributed by atoms with Gasteiger partial charge in [-0.25, -0.2) is 0 Å². The van der Waals surface area contributed by atoms with E-state index >= 15 is 0 Å². The van der Waals surface area contributed by atoms with E-state index in [0.717, 1.165) is 6.42 Å². The Morgan fingerprint density at radius 3 is 1.97 bits per heavy atom. The zero-order chi connectivity index (χ0) is 28.2. The third-order valence-electron chi connectivity index (χ3n) is 7.79. The van der Waals surface area contributed by atoms with Crippen LogP contribution in [-0.4, -0.2) is 63.0 Å². The van der Waals surface area contributed by atoms with E-state index in [1.54, 1.807) is 13.8 Å². The minimum absolute atomic E-state index is 0.00391. The molecular formula is C28H52O7Si. The van der Waals surface area contributed by atoms with Gasteiger partial charge in [-0.15, -0.1) is 6.58 Å². The second kappa shape index (κ2) is 12.7. The van der Waals surface area contributed by atoms with E-state index in [1.807, 2.05) is 0 Å². The van der Waals surface area contributed by atoms with Crippen LogP contribution < -0.4 is 0 Å². The summed E-state index contributed by atoms with van der Waals surface area (Å²) < 4.78 is 24.6. The molecule has 0 saturated carbocycles. The molecule has 0 aromatic rings. The molecule has 0 bridgehead atoms. The molecule has 8 atom stereocenters. The molecule has 1 fully saturated rings. The lowest BCUT2D eigenvalue weighted by Gasteiger charge is -2.57. The van der Waals surface area contributed by atoms with Crippen molar-refractivity contribution in [2.75, 3.05) is 7.11 Å². The SMILES string of the molecule is C=C[C@H](OC)[C@H](OC(C)=O)[C@@H](C)[C@@H](O)[C@H](C)C(=O)C[C@H]1O[Si](C(C)(C)C)(C(C)(C)C)O[C@H](CC)[C@H]1C. The van der Waals surface area contributed by atoms with E-state index in [9.17, 15) is 14.7 Å². The van der Waals surface area contributed by atoms with Crippen LogP contribution in [-0.2, 0) is 27.9 Å². The van der Waals surface area contributed by atoms with Gasteiger partial charge in [0, 0.05) is 48.3 Å². The second-order valence-electron chi connectivity index (χ2n) is 12.5. The summed E-state index contributed by atoms with van der Waals surface area (Å²) in [5, 5.41) is 10.8.